The molecule has 0 aromatic heterocycles. The van der Waals surface area contributed by atoms with Gasteiger partial charge in [0.25, 0.3) is 0 Å². The molecule has 27 heavy (non-hydrogen) atoms. The summed E-state index contributed by atoms with van der Waals surface area (Å²) in [6, 6.07) is 1.31. The van der Waals surface area contributed by atoms with E-state index in [9.17, 15) is 20.1 Å². The molecule has 1 aliphatic heterocycles. The highest BCUT2D eigenvalue weighted by Gasteiger charge is 2.25. The molecule has 7 nitrogen and oxygen atoms in total. The van der Waals surface area contributed by atoms with Gasteiger partial charge in [-0.25, -0.2) is 4.79 Å². The molecule has 1 aromatic carbocycles. The van der Waals surface area contributed by atoms with Crippen LogP contribution < -0.4 is 9.47 Å². The molecule has 0 aliphatic carbocycles. The SMILES string of the molecule is COc1cc(O)c2c(c1OC)/C=C/CCC(O)C(O)/C=C\CC(C)OC2=O. The number of rotatable bonds is 2. The summed E-state index contributed by atoms with van der Waals surface area (Å²) in [5.74, 6) is -0.397. The van der Waals surface area contributed by atoms with E-state index in [2.05, 4.69) is 0 Å². The summed E-state index contributed by atoms with van der Waals surface area (Å²) in [5, 5.41) is 30.3. The number of allylic oxidation sites excluding steroid dienone is 1. The molecule has 2 rings (SSSR count). The fourth-order valence-electron chi connectivity index (χ4n) is 2.85. The van der Waals surface area contributed by atoms with Gasteiger partial charge < -0.3 is 29.5 Å². The first-order chi connectivity index (χ1) is 12.9. The number of hydrogen-bond donors (Lipinski definition) is 3. The molecule has 3 N–H and O–H groups in total. The van der Waals surface area contributed by atoms with E-state index in [0.717, 1.165) is 0 Å². The molecule has 1 aromatic rings. The van der Waals surface area contributed by atoms with Gasteiger partial charge in [-0.15, -0.1) is 0 Å². The van der Waals surface area contributed by atoms with Gasteiger partial charge in [-0.2, -0.15) is 0 Å². The lowest BCUT2D eigenvalue weighted by Crippen LogP contribution is -2.23. The van der Waals surface area contributed by atoms with Crippen molar-refractivity contribution in [2.45, 2.75) is 44.5 Å². The van der Waals surface area contributed by atoms with Crippen molar-refractivity contribution in [3.63, 3.8) is 0 Å². The average molecular weight is 378 g/mol. The number of carbonyl (C=O) groups is 1. The molecular formula is C20H26O7. The number of fused-ring (bicyclic) bond motifs is 1. The number of aliphatic hydroxyl groups excluding tert-OH is 2. The Kier molecular flexibility index (Phi) is 7.27. The van der Waals surface area contributed by atoms with E-state index in [4.69, 9.17) is 14.2 Å². The smallest absolute Gasteiger partial charge is 0.342 e. The zero-order valence-corrected chi connectivity index (χ0v) is 15.7. The number of hydrogen-bond acceptors (Lipinski definition) is 7. The fraction of sp³-hybridized carbons (Fsp3) is 0.450. The minimum atomic E-state index is -0.991. The maximum absolute atomic E-state index is 12.7. The third kappa shape index (κ3) is 5.02. The third-order valence-electron chi connectivity index (χ3n) is 4.31. The van der Waals surface area contributed by atoms with Crippen molar-refractivity contribution < 1.29 is 34.3 Å². The molecule has 0 amide bonds. The highest BCUT2D eigenvalue weighted by Crippen LogP contribution is 2.40. The van der Waals surface area contributed by atoms with Crippen molar-refractivity contribution in [1.82, 2.24) is 0 Å². The van der Waals surface area contributed by atoms with E-state index in [1.807, 2.05) is 0 Å². The number of phenolic OH excluding ortho intramolecular Hbond substituents is 1. The minimum Gasteiger partial charge on any atom is -0.507 e. The van der Waals surface area contributed by atoms with E-state index < -0.39 is 24.3 Å². The van der Waals surface area contributed by atoms with E-state index in [0.29, 0.717) is 30.6 Å². The number of aliphatic hydroxyl groups is 2. The molecule has 7 heteroatoms. The van der Waals surface area contributed by atoms with Gasteiger partial charge in [0.05, 0.1) is 26.4 Å². The normalized spacial score (nSPS) is 26.3. The van der Waals surface area contributed by atoms with Crippen LogP contribution in [0.5, 0.6) is 17.2 Å². The average Bonchev–Trinajstić information content (AvgIpc) is 2.63. The number of ether oxygens (including phenoxy) is 3. The van der Waals surface area contributed by atoms with Crippen LogP contribution in [0, 0.1) is 0 Å². The van der Waals surface area contributed by atoms with Crippen molar-refractivity contribution in [3.05, 3.63) is 35.4 Å². The maximum Gasteiger partial charge on any atom is 0.342 e. The molecule has 1 aliphatic rings. The lowest BCUT2D eigenvalue weighted by Gasteiger charge is -2.18. The third-order valence-corrected chi connectivity index (χ3v) is 4.31. The number of phenols is 1. The van der Waals surface area contributed by atoms with Crippen LogP contribution >= 0.6 is 0 Å². The first-order valence-electron chi connectivity index (χ1n) is 8.77. The molecule has 0 saturated carbocycles. The number of esters is 1. The zero-order chi connectivity index (χ0) is 20.0. The molecule has 0 fully saturated rings. The topological polar surface area (TPSA) is 105 Å². The number of aromatic hydroxyl groups is 1. The van der Waals surface area contributed by atoms with Crippen LogP contribution in [0.4, 0.5) is 0 Å². The summed E-state index contributed by atoms with van der Waals surface area (Å²) < 4.78 is 16.0. The number of carbonyl (C=O) groups excluding carboxylic acids is 1. The van der Waals surface area contributed by atoms with Crippen LogP contribution in [0.3, 0.4) is 0 Å². The Labute approximate surface area is 158 Å². The molecule has 0 saturated heterocycles. The summed E-state index contributed by atoms with van der Waals surface area (Å²) in [7, 11) is 2.87. The van der Waals surface area contributed by atoms with Crippen LogP contribution in [0.2, 0.25) is 0 Å². The van der Waals surface area contributed by atoms with E-state index in [1.54, 1.807) is 25.2 Å². The highest BCUT2D eigenvalue weighted by atomic mass is 16.5. The van der Waals surface area contributed by atoms with Gasteiger partial charge in [0, 0.05) is 18.1 Å². The van der Waals surface area contributed by atoms with Crippen molar-refractivity contribution in [3.8, 4) is 17.2 Å². The van der Waals surface area contributed by atoms with Gasteiger partial charge in [-0.1, -0.05) is 24.3 Å². The van der Waals surface area contributed by atoms with Gasteiger partial charge >= 0.3 is 5.97 Å². The zero-order valence-electron chi connectivity index (χ0n) is 15.7. The highest BCUT2D eigenvalue weighted by molar-refractivity contribution is 5.98. The van der Waals surface area contributed by atoms with E-state index in [1.165, 1.54) is 26.4 Å². The number of cyclic esters (lactones) is 1. The molecule has 3 unspecified atom stereocenters. The Morgan fingerprint density at radius 2 is 1.93 bits per heavy atom. The summed E-state index contributed by atoms with van der Waals surface area (Å²) in [4.78, 5) is 12.7. The van der Waals surface area contributed by atoms with Gasteiger partial charge in [-0.3, -0.25) is 0 Å². The molecular weight excluding hydrogens is 352 g/mol. The van der Waals surface area contributed by atoms with Crippen molar-refractivity contribution in [2.24, 2.45) is 0 Å². The Morgan fingerprint density at radius 1 is 1.19 bits per heavy atom. The Balaban J connectivity index is 2.52. The predicted molar refractivity (Wildman–Crippen MR) is 100 cm³/mol. The molecule has 0 radical (unpaired) electrons. The standard InChI is InChI=1S/C20H26O7/c1-12-7-6-10-15(22)14(21)9-5-4-8-13-18(20(24)27-12)16(23)11-17(25-2)19(13)26-3/h4,6,8,10-12,14-15,21-23H,5,7,9H2,1-3H3/b8-4+,10-6-. The number of methoxy groups -OCH3 is 2. The van der Waals surface area contributed by atoms with Gasteiger partial charge in [-0.05, 0) is 19.8 Å². The second-order valence-electron chi connectivity index (χ2n) is 6.34. The monoisotopic (exact) mass is 378 g/mol. The number of benzene rings is 1. The quantitative estimate of drug-likeness (QED) is 0.536. The molecule has 0 spiro atoms. The molecule has 0 bridgehead atoms. The van der Waals surface area contributed by atoms with E-state index in [-0.39, 0.29) is 17.1 Å². The molecule has 3 atom stereocenters. The van der Waals surface area contributed by atoms with Crippen LogP contribution in [-0.2, 0) is 4.74 Å². The van der Waals surface area contributed by atoms with E-state index >= 15 is 0 Å². The summed E-state index contributed by atoms with van der Waals surface area (Å²) in [6.45, 7) is 1.70. The summed E-state index contributed by atoms with van der Waals surface area (Å²) in [5.41, 5.74) is 0.312. The van der Waals surface area contributed by atoms with Crippen LogP contribution in [-0.4, -0.2) is 53.8 Å². The second kappa shape index (κ2) is 9.43. The molecule has 148 valence electrons. The first kappa shape index (κ1) is 20.8. The predicted octanol–water partition coefficient (Wildman–Crippen LogP) is 2.43. The van der Waals surface area contributed by atoms with Crippen molar-refractivity contribution in [2.75, 3.05) is 14.2 Å². The molecule has 1 heterocycles. The van der Waals surface area contributed by atoms with Crippen molar-refractivity contribution >= 4 is 12.0 Å². The van der Waals surface area contributed by atoms with Crippen LogP contribution in [0.25, 0.3) is 6.08 Å². The van der Waals surface area contributed by atoms with Crippen LogP contribution in [0.15, 0.2) is 24.3 Å². The Morgan fingerprint density at radius 3 is 2.59 bits per heavy atom. The lowest BCUT2D eigenvalue weighted by atomic mass is 10.0. The second-order valence-corrected chi connectivity index (χ2v) is 6.34. The fourth-order valence-corrected chi connectivity index (χ4v) is 2.85. The Bertz CT molecular complexity index is 724. The van der Waals surface area contributed by atoms with Crippen molar-refractivity contribution in [1.29, 1.82) is 0 Å². The van der Waals surface area contributed by atoms with Gasteiger partial charge in [0.2, 0.25) is 0 Å². The first-order valence-corrected chi connectivity index (χ1v) is 8.77. The van der Waals surface area contributed by atoms with Gasteiger partial charge in [0.1, 0.15) is 17.4 Å². The van der Waals surface area contributed by atoms with Gasteiger partial charge in [0.15, 0.2) is 11.5 Å². The maximum atomic E-state index is 12.7. The summed E-state index contributed by atoms with van der Waals surface area (Å²) >= 11 is 0. The Hall–Kier alpha value is -2.51. The minimum absolute atomic E-state index is 0.0163. The lowest BCUT2D eigenvalue weighted by molar-refractivity contribution is 0.0336. The largest absolute Gasteiger partial charge is 0.507 e. The summed E-state index contributed by atoms with van der Waals surface area (Å²) in [6.07, 6.45) is 5.22. The van der Waals surface area contributed by atoms with Crippen LogP contribution in [0.1, 0.15) is 42.1 Å².